The molecule has 1 unspecified atom stereocenters. The molecular weight excluding hydrogens is 302 g/mol. The zero-order valence-corrected chi connectivity index (χ0v) is 14.2. The maximum Gasteiger partial charge on any atom is 0.151 e. The zero-order valence-electron chi connectivity index (χ0n) is 14.2. The highest BCUT2D eigenvalue weighted by molar-refractivity contribution is 5.72. The number of aliphatic hydroxyl groups is 1. The van der Waals surface area contributed by atoms with Crippen LogP contribution in [0.15, 0.2) is 30.3 Å². The van der Waals surface area contributed by atoms with E-state index < -0.39 is 0 Å². The maximum atomic E-state index is 10.1. The molecular formula is C19H23N3O2. The van der Waals surface area contributed by atoms with Crippen LogP contribution in [-0.4, -0.2) is 34.5 Å². The van der Waals surface area contributed by atoms with E-state index in [1.807, 2.05) is 24.3 Å². The van der Waals surface area contributed by atoms with E-state index in [2.05, 4.69) is 35.0 Å². The summed E-state index contributed by atoms with van der Waals surface area (Å²) in [6, 6.07) is 10.0. The summed E-state index contributed by atoms with van der Waals surface area (Å²) in [5.74, 6) is 1.74. The normalized spacial score (nSPS) is 22.1. The van der Waals surface area contributed by atoms with Gasteiger partial charge in [-0.25, -0.2) is 0 Å². The van der Waals surface area contributed by atoms with Gasteiger partial charge >= 0.3 is 0 Å². The smallest absolute Gasteiger partial charge is 0.151 e. The van der Waals surface area contributed by atoms with Gasteiger partial charge in [0.05, 0.1) is 6.10 Å². The molecule has 0 aliphatic carbocycles. The second-order valence-corrected chi connectivity index (χ2v) is 7.59. The summed E-state index contributed by atoms with van der Waals surface area (Å²) in [6.45, 7) is 6.58. The van der Waals surface area contributed by atoms with Crippen LogP contribution in [0, 0.1) is 5.41 Å². The van der Waals surface area contributed by atoms with E-state index in [9.17, 15) is 5.11 Å². The first kappa shape index (κ1) is 15.4. The average molecular weight is 325 g/mol. The van der Waals surface area contributed by atoms with Crippen molar-refractivity contribution in [1.29, 1.82) is 0 Å². The van der Waals surface area contributed by atoms with Crippen LogP contribution >= 0.6 is 0 Å². The van der Waals surface area contributed by atoms with Crippen LogP contribution in [-0.2, 0) is 6.61 Å². The Kier molecular flexibility index (Phi) is 3.68. The van der Waals surface area contributed by atoms with Gasteiger partial charge in [-0.15, -0.1) is 10.2 Å². The lowest BCUT2D eigenvalue weighted by molar-refractivity contribution is 0.123. The van der Waals surface area contributed by atoms with Crippen LogP contribution in [0.3, 0.4) is 0 Å². The SMILES string of the molecule is CC1(C)CC(O)CCN(c2cc3c(nn2)-c2ccccc2OC3)C1. The number of nitrogens with zero attached hydrogens (tertiary/aromatic N) is 3. The van der Waals surface area contributed by atoms with Crippen molar-refractivity contribution in [3.63, 3.8) is 0 Å². The molecule has 1 aromatic carbocycles. The van der Waals surface area contributed by atoms with Crippen molar-refractivity contribution in [2.75, 3.05) is 18.0 Å². The summed E-state index contributed by atoms with van der Waals surface area (Å²) in [7, 11) is 0. The van der Waals surface area contributed by atoms with Crippen molar-refractivity contribution < 1.29 is 9.84 Å². The Morgan fingerprint density at radius 3 is 2.96 bits per heavy atom. The molecule has 24 heavy (non-hydrogen) atoms. The number of benzene rings is 1. The standard InChI is InChI=1S/C19H23N3O2/c1-19(2)10-14(23)7-8-22(12-19)17-9-13-11-24-16-6-4-3-5-15(16)18(13)21-20-17/h3-6,9,14,23H,7-8,10-12H2,1-2H3. The molecule has 126 valence electrons. The minimum atomic E-state index is -0.245. The second kappa shape index (κ2) is 5.74. The summed E-state index contributed by atoms with van der Waals surface area (Å²) in [5.41, 5.74) is 3.04. The predicted molar refractivity (Wildman–Crippen MR) is 93.0 cm³/mol. The van der Waals surface area contributed by atoms with Gasteiger partial charge < -0.3 is 14.7 Å². The number of ether oxygens (including phenoxy) is 1. The van der Waals surface area contributed by atoms with Crippen LogP contribution < -0.4 is 9.64 Å². The monoisotopic (exact) mass is 325 g/mol. The highest BCUT2D eigenvalue weighted by Crippen LogP contribution is 2.37. The molecule has 2 aliphatic heterocycles. The van der Waals surface area contributed by atoms with E-state index in [1.165, 1.54) is 0 Å². The third kappa shape index (κ3) is 2.84. The van der Waals surface area contributed by atoms with Gasteiger partial charge in [-0.05, 0) is 36.5 Å². The van der Waals surface area contributed by atoms with E-state index in [1.54, 1.807) is 0 Å². The molecule has 5 nitrogen and oxygen atoms in total. The van der Waals surface area contributed by atoms with Crippen LogP contribution in [0.5, 0.6) is 5.75 Å². The zero-order chi connectivity index (χ0) is 16.7. The molecule has 4 rings (SSSR count). The van der Waals surface area contributed by atoms with E-state index in [-0.39, 0.29) is 11.5 Å². The number of para-hydroxylation sites is 1. The van der Waals surface area contributed by atoms with Gasteiger partial charge in [-0.3, -0.25) is 0 Å². The number of fused-ring (bicyclic) bond motifs is 3. The minimum absolute atomic E-state index is 0.0522. The number of aliphatic hydroxyl groups excluding tert-OH is 1. The fraction of sp³-hybridized carbons (Fsp3) is 0.474. The Morgan fingerprint density at radius 1 is 1.25 bits per heavy atom. The van der Waals surface area contributed by atoms with Gasteiger partial charge in [-0.1, -0.05) is 26.0 Å². The highest BCUT2D eigenvalue weighted by Gasteiger charge is 2.30. The number of aromatic nitrogens is 2. The lowest BCUT2D eigenvalue weighted by Crippen LogP contribution is -2.33. The first-order valence-corrected chi connectivity index (χ1v) is 8.54. The van der Waals surface area contributed by atoms with Crippen molar-refractivity contribution in [2.24, 2.45) is 5.41 Å². The Balaban J connectivity index is 1.67. The van der Waals surface area contributed by atoms with Crippen molar-refractivity contribution in [2.45, 2.75) is 39.4 Å². The number of hydrogen-bond donors (Lipinski definition) is 1. The number of hydrogen-bond acceptors (Lipinski definition) is 5. The highest BCUT2D eigenvalue weighted by atomic mass is 16.5. The third-order valence-corrected chi connectivity index (χ3v) is 4.85. The van der Waals surface area contributed by atoms with E-state index in [4.69, 9.17) is 4.74 Å². The molecule has 1 N–H and O–H groups in total. The summed E-state index contributed by atoms with van der Waals surface area (Å²) in [6.07, 6.45) is 1.34. The first-order chi connectivity index (χ1) is 11.5. The summed E-state index contributed by atoms with van der Waals surface area (Å²) in [4.78, 5) is 2.24. The van der Waals surface area contributed by atoms with Gasteiger partial charge in [0.1, 0.15) is 18.1 Å². The molecule has 2 aromatic rings. The van der Waals surface area contributed by atoms with Crippen molar-refractivity contribution in [3.8, 4) is 17.0 Å². The Morgan fingerprint density at radius 2 is 2.08 bits per heavy atom. The van der Waals surface area contributed by atoms with Crippen LogP contribution in [0.4, 0.5) is 5.82 Å². The maximum absolute atomic E-state index is 10.1. The minimum Gasteiger partial charge on any atom is -0.488 e. The number of rotatable bonds is 1. The van der Waals surface area contributed by atoms with Crippen molar-refractivity contribution in [3.05, 3.63) is 35.9 Å². The van der Waals surface area contributed by atoms with Crippen LogP contribution in [0.2, 0.25) is 0 Å². The Bertz CT molecular complexity index is 760. The topological polar surface area (TPSA) is 58.5 Å². The van der Waals surface area contributed by atoms with Gasteiger partial charge in [0, 0.05) is 24.2 Å². The molecule has 0 amide bonds. The predicted octanol–water partition coefficient (Wildman–Crippen LogP) is 3.02. The number of anilines is 1. The van der Waals surface area contributed by atoms with E-state index in [0.717, 1.165) is 54.3 Å². The molecule has 1 aromatic heterocycles. The molecule has 1 fully saturated rings. The molecule has 1 saturated heterocycles. The van der Waals surface area contributed by atoms with Gasteiger partial charge in [-0.2, -0.15) is 0 Å². The van der Waals surface area contributed by atoms with Gasteiger partial charge in [0.2, 0.25) is 0 Å². The third-order valence-electron chi connectivity index (χ3n) is 4.85. The Hall–Kier alpha value is -2.14. The quantitative estimate of drug-likeness (QED) is 0.873. The molecule has 0 spiro atoms. The molecule has 2 aliphatic rings. The summed E-state index contributed by atoms with van der Waals surface area (Å²) in [5, 5.41) is 19.1. The lowest BCUT2D eigenvalue weighted by atomic mass is 9.87. The molecule has 3 heterocycles. The largest absolute Gasteiger partial charge is 0.488 e. The summed E-state index contributed by atoms with van der Waals surface area (Å²) >= 11 is 0. The van der Waals surface area contributed by atoms with Crippen LogP contribution in [0.1, 0.15) is 32.3 Å². The van der Waals surface area contributed by atoms with Crippen molar-refractivity contribution in [1.82, 2.24) is 10.2 Å². The van der Waals surface area contributed by atoms with Gasteiger partial charge in [0.25, 0.3) is 0 Å². The van der Waals surface area contributed by atoms with E-state index >= 15 is 0 Å². The van der Waals surface area contributed by atoms with E-state index in [0.29, 0.717) is 6.61 Å². The van der Waals surface area contributed by atoms with Gasteiger partial charge in [0.15, 0.2) is 5.82 Å². The first-order valence-electron chi connectivity index (χ1n) is 8.54. The molecule has 0 radical (unpaired) electrons. The van der Waals surface area contributed by atoms with Crippen molar-refractivity contribution >= 4 is 5.82 Å². The fourth-order valence-corrected chi connectivity index (χ4v) is 3.75. The summed E-state index contributed by atoms with van der Waals surface area (Å²) < 4.78 is 5.85. The molecule has 0 saturated carbocycles. The lowest BCUT2D eigenvalue weighted by Gasteiger charge is -2.30. The second-order valence-electron chi connectivity index (χ2n) is 7.59. The molecule has 1 atom stereocenters. The average Bonchev–Trinajstić information content (AvgIpc) is 2.71. The fourth-order valence-electron chi connectivity index (χ4n) is 3.75. The molecule has 5 heteroatoms. The van der Waals surface area contributed by atoms with Crippen LogP contribution in [0.25, 0.3) is 11.3 Å². The Labute approximate surface area is 142 Å². The molecule has 0 bridgehead atoms.